The van der Waals surface area contributed by atoms with Crippen molar-refractivity contribution in [3.8, 4) is 0 Å². The SMILES string of the molecule is C=CC=C.C=COC(C)=O. The van der Waals surface area contributed by atoms with E-state index in [1.54, 1.807) is 12.2 Å². The number of hydrogen-bond acceptors (Lipinski definition) is 2. The zero-order valence-electron chi connectivity index (χ0n) is 6.17. The molecule has 0 atom stereocenters. The third-order valence-corrected chi connectivity index (χ3v) is 0.416. The molecule has 0 saturated carbocycles. The summed E-state index contributed by atoms with van der Waals surface area (Å²) >= 11 is 0. The number of esters is 1. The lowest BCUT2D eigenvalue weighted by molar-refractivity contribution is -0.135. The van der Waals surface area contributed by atoms with Gasteiger partial charge >= 0.3 is 5.97 Å². The monoisotopic (exact) mass is 140 g/mol. The fraction of sp³-hybridized carbons (Fsp3) is 0.125. The van der Waals surface area contributed by atoms with Crippen molar-refractivity contribution >= 4 is 5.97 Å². The van der Waals surface area contributed by atoms with Crippen molar-refractivity contribution in [1.82, 2.24) is 0 Å². The molecule has 0 amide bonds. The van der Waals surface area contributed by atoms with E-state index < -0.39 is 0 Å². The molecule has 0 unspecified atom stereocenters. The number of carbonyl (C=O) groups is 1. The molecule has 0 heterocycles. The normalized spacial score (nSPS) is 6.10. The molecule has 0 spiro atoms. The fourth-order valence-electron chi connectivity index (χ4n) is 0.117. The first kappa shape index (κ1) is 11.5. The first-order chi connectivity index (χ1) is 4.68. The molecule has 0 radical (unpaired) electrons. The third kappa shape index (κ3) is 29.9. The molecule has 0 aliphatic heterocycles. The van der Waals surface area contributed by atoms with Crippen LogP contribution >= 0.6 is 0 Å². The Morgan fingerprint density at radius 3 is 1.70 bits per heavy atom. The highest BCUT2D eigenvalue weighted by atomic mass is 16.5. The second-order valence-electron chi connectivity index (χ2n) is 1.25. The summed E-state index contributed by atoms with van der Waals surface area (Å²) < 4.78 is 4.17. The van der Waals surface area contributed by atoms with Gasteiger partial charge in [0.1, 0.15) is 0 Å². The Labute approximate surface area is 61.5 Å². The summed E-state index contributed by atoms with van der Waals surface area (Å²) in [5.74, 6) is -0.329. The van der Waals surface area contributed by atoms with Gasteiger partial charge in [0.15, 0.2) is 0 Å². The van der Waals surface area contributed by atoms with E-state index in [2.05, 4.69) is 24.5 Å². The summed E-state index contributed by atoms with van der Waals surface area (Å²) in [7, 11) is 0. The van der Waals surface area contributed by atoms with E-state index >= 15 is 0 Å². The van der Waals surface area contributed by atoms with Crippen LogP contribution in [0.1, 0.15) is 6.92 Å². The molecule has 0 bridgehead atoms. The lowest BCUT2D eigenvalue weighted by Gasteiger charge is -1.83. The standard InChI is InChI=1S/C4H6O2.C4H6/c1-3-6-4(2)5;1-3-4-2/h3H,1H2,2H3;3-4H,1-2H2. The molecule has 56 valence electrons. The van der Waals surface area contributed by atoms with Gasteiger partial charge in [-0.3, -0.25) is 4.79 Å². The Balaban J connectivity index is 0. The predicted molar refractivity (Wildman–Crippen MR) is 42.4 cm³/mol. The molecule has 0 N–H and O–H groups in total. The zero-order chi connectivity index (χ0) is 8.41. The Morgan fingerprint density at radius 1 is 1.30 bits per heavy atom. The lowest BCUT2D eigenvalue weighted by atomic mass is 10.6. The quantitative estimate of drug-likeness (QED) is 0.333. The Bertz CT molecular complexity index is 119. The molecular weight excluding hydrogens is 128 g/mol. The highest BCUT2D eigenvalue weighted by Gasteiger charge is 1.79. The van der Waals surface area contributed by atoms with Gasteiger partial charge < -0.3 is 4.74 Å². The van der Waals surface area contributed by atoms with Crippen molar-refractivity contribution < 1.29 is 9.53 Å². The fourth-order valence-corrected chi connectivity index (χ4v) is 0.117. The van der Waals surface area contributed by atoms with Gasteiger partial charge in [0.05, 0.1) is 6.26 Å². The van der Waals surface area contributed by atoms with Crippen LogP contribution in [0, 0.1) is 0 Å². The van der Waals surface area contributed by atoms with Gasteiger partial charge in [0.25, 0.3) is 0 Å². The van der Waals surface area contributed by atoms with Crippen LogP contribution < -0.4 is 0 Å². The van der Waals surface area contributed by atoms with Crippen LogP contribution in [0.15, 0.2) is 38.2 Å². The van der Waals surface area contributed by atoms with Crippen LogP contribution in [-0.4, -0.2) is 5.97 Å². The number of hydrogen-bond donors (Lipinski definition) is 0. The molecule has 2 nitrogen and oxygen atoms in total. The molecular formula is C8H12O2. The van der Waals surface area contributed by atoms with E-state index in [4.69, 9.17) is 0 Å². The average molecular weight is 140 g/mol. The summed E-state index contributed by atoms with van der Waals surface area (Å²) in [6.45, 7) is 11.2. The van der Waals surface area contributed by atoms with Crippen LogP contribution in [0.5, 0.6) is 0 Å². The highest BCUT2D eigenvalue weighted by Crippen LogP contribution is 1.70. The number of carbonyl (C=O) groups excluding carboxylic acids is 1. The van der Waals surface area contributed by atoms with Crippen LogP contribution in [0.4, 0.5) is 0 Å². The predicted octanol–water partition coefficient (Wildman–Crippen LogP) is 2.05. The smallest absolute Gasteiger partial charge is 0.307 e. The maximum Gasteiger partial charge on any atom is 0.307 e. The van der Waals surface area contributed by atoms with Gasteiger partial charge in [-0.05, 0) is 0 Å². The van der Waals surface area contributed by atoms with Gasteiger partial charge in [-0.2, -0.15) is 0 Å². The zero-order valence-corrected chi connectivity index (χ0v) is 6.17. The summed E-state index contributed by atoms with van der Waals surface area (Å²) in [5.41, 5.74) is 0. The molecule has 0 saturated heterocycles. The van der Waals surface area contributed by atoms with E-state index in [0.29, 0.717) is 0 Å². The summed E-state index contributed by atoms with van der Waals surface area (Å²) in [5, 5.41) is 0. The molecule has 0 aromatic rings. The second kappa shape index (κ2) is 10.6. The molecule has 10 heavy (non-hydrogen) atoms. The number of rotatable bonds is 2. The van der Waals surface area contributed by atoms with Crippen LogP contribution in [0.25, 0.3) is 0 Å². The van der Waals surface area contributed by atoms with Crippen LogP contribution in [0.2, 0.25) is 0 Å². The van der Waals surface area contributed by atoms with E-state index in [1.165, 1.54) is 6.92 Å². The Hall–Kier alpha value is -1.31. The first-order valence-corrected chi connectivity index (χ1v) is 2.70. The minimum atomic E-state index is -0.329. The topological polar surface area (TPSA) is 26.3 Å². The van der Waals surface area contributed by atoms with Crippen molar-refractivity contribution in [3.05, 3.63) is 38.2 Å². The van der Waals surface area contributed by atoms with E-state index in [-0.39, 0.29) is 5.97 Å². The number of allylic oxidation sites excluding steroid dienone is 2. The Kier molecular flexibility index (Phi) is 12.2. The van der Waals surface area contributed by atoms with E-state index in [0.717, 1.165) is 6.26 Å². The average Bonchev–Trinajstić information content (AvgIpc) is 1.89. The number of ether oxygens (including phenoxy) is 1. The summed E-state index contributed by atoms with van der Waals surface area (Å²) in [4.78, 5) is 9.75. The maximum absolute atomic E-state index is 9.75. The Morgan fingerprint density at radius 2 is 1.70 bits per heavy atom. The van der Waals surface area contributed by atoms with Crippen molar-refractivity contribution in [2.75, 3.05) is 0 Å². The van der Waals surface area contributed by atoms with Crippen molar-refractivity contribution in [2.24, 2.45) is 0 Å². The molecule has 0 aromatic heterocycles. The summed E-state index contributed by atoms with van der Waals surface area (Å²) in [6.07, 6.45) is 4.38. The van der Waals surface area contributed by atoms with E-state index in [9.17, 15) is 4.79 Å². The largest absolute Gasteiger partial charge is 0.435 e. The van der Waals surface area contributed by atoms with Crippen molar-refractivity contribution in [3.63, 3.8) is 0 Å². The summed E-state index contributed by atoms with van der Waals surface area (Å²) in [6, 6.07) is 0. The van der Waals surface area contributed by atoms with Crippen LogP contribution in [0.3, 0.4) is 0 Å². The van der Waals surface area contributed by atoms with Crippen molar-refractivity contribution in [1.29, 1.82) is 0 Å². The van der Waals surface area contributed by atoms with Gasteiger partial charge in [-0.1, -0.05) is 31.9 Å². The molecule has 0 fully saturated rings. The van der Waals surface area contributed by atoms with Gasteiger partial charge in [0.2, 0.25) is 0 Å². The minimum absolute atomic E-state index is 0.329. The second-order valence-corrected chi connectivity index (χ2v) is 1.25. The molecule has 0 aromatic carbocycles. The van der Waals surface area contributed by atoms with E-state index in [1.807, 2.05) is 0 Å². The minimum Gasteiger partial charge on any atom is -0.435 e. The third-order valence-electron chi connectivity index (χ3n) is 0.416. The van der Waals surface area contributed by atoms with Gasteiger partial charge in [-0.25, -0.2) is 0 Å². The van der Waals surface area contributed by atoms with Crippen LogP contribution in [-0.2, 0) is 9.53 Å². The van der Waals surface area contributed by atoms with Gasteiger partial charge in [0, 0.05) is 6.92 Å². The maximum atomic E-state index is 9.75. The molecule has 0 rings (SSSR count). The molecule has 2 heteroatoms. The first-order valence-electron chi connectivity index (χ1n) is 2.70. The van der Waals surface area contributed by atoms with Crippen molar-refractivity contribution in [2.45, 2.75) is 6.92 Å². The lowest BCUT2D eigenvalue weighted by Crippen LogP contribution is -1.87. The highest BCUT2D eigenvalue weighted by molar-refractivity contribution is 5.66. The molecule has 0 aliphatic carbocycles. The molecule has 0 aliphatic rings. The van der Waals surface area contributed by atoms with Gasteiger partial charge in [-0.15, -0.1) is 0 Å².